The van der Waals surface area contributed by atoms with E-state index in [0.717, 1.165) is 38.5 Å². The Labute approximate surface area is 204 Å². The summed E-state index contributed by atoms with van der Waals surface area (Å²) < 4.78 is 25.5. The minimum atomic E-state index is -4.26. The van der Waals surface area contributed by atoms with Crippen molar-refractivity contribution in [2.45, 2.75) is 64.4 Å². The van der Waals surface area contributed by atoms with Crippen molar-refractivity contribution >= 4 is 13.8 Å². The van der Waals surface area contributed by atoms with Crippen molar-refractivity contribution in [1.82, 2.24) is 0 Å². The van der Waals surface area contributed by atoms with E-state index in [9.17, 15) is 19.4 Å². The molecular formula is C25H42NO7P. The Hall–Kier alpha value is -1.80. The summed E-state index contributed by atoms with van der Waals surface area (Å²) in [5, 5.41) is 9.67. The van der Waals surface area contributed by atoms with Gasteiger partial charge in [-0.15, -0.1) is 0 Å². The molecule has 0 radical (unpaired) electrons. The topological polar surface area (TPSA) is 128 Å². The Morgan fingerprint density at radius 3 is 1.94 bits per heavy atom. The first-order valence-corrected chi connectivity index (χ1v) is 13.3. The van der Waals surface area contributed by atoms with Crippen molar-refractivity contribution in [1.29, 1.82) is 0 Å². The summed E-state index contributed by atoms with van der Waals surface area (Å²) in [6, 6.07) is 0. The lowest BCUT2D eigenvalue weighted by molar-refractivity contribution is -0.147. The van der Waals surface area contributed by atoms with Crippen molar-refractivity contribution < 1.29 is 33.1 Å². The summed E-state index contributed by atoms with van der Waals surface area (Å²) >= 11 is 0. The molecule has 9 heteroatoms. The molecule has 0 aliphatic carbocycles. The molecule has 194 valence electrons. The molecule has 2 atom stereocenters. The van der Waals surface area contributed by atoms with E-state index in [-0.39, 0.29) is 26.2 Å². The number of allylic oxidation sites excluding steroid dienone is 10. The lowest BCUT2D eigenvalue weighted by atomic mass is 10.2. The predicted octanol–water partition coefficient (Wildman–Crippen LogP) is 4.90. The second-order valence-corrected chi connectivity index (χ2v) is 8.78. The van der Waals surface area contributed by atoms with E-state index in [2.05, 4.69) is 70.7 Å². The quantitative estimate of drug-likeness (QED) is 0.0880. The van der Waals surface area contributed by atoms with Crippen molar-refractivity contribution in [3.63, 3.8) is 0 Å². The largest absolute Gasteiger partial charge is 0.472 e. The number of unbranched alkanes of at least 4 members (excludes halogenated alkanes) is 1. The van der Waals surface area contributed by atoms with Crippen molar-refractivity contribution in [2.24, 2.45) is 5.73 Å². The molecule has 0 saturated heterocycles. The summed E-state index contributed by atoms with van der Waals surface area (Å²) in [4.78, 5) is 21.0. The van der Waals surface area contributed by atoms with Crippen LogP contribution in [-0.2, 0) is 23.1 Å². The highest BCUT2D eigenvalue weighted by molar-refractivity contribution is 7.47. The number of aliphatic hydroxyl groups excluding tert-OH is 1. The Balaban J connectivity index is 3.70. The van der Waals surface area contributed by atoms with E-state index in [4.69, 9.17) is 10.5 Å². The van der Waals surface area contributed by atoms with Gasteiger partial charge in [-0.05, 0) is 44.9 Å². The highest BCUT2D eigenvalue weighted by Crippen LogP contribution is 2.42. The molecule has 8 nitrogen and oxygen atoms in total. The average Bonchev–Trinajstić information content (AvgIpc) is 2.82. The van der Waals surface area contributed by atoms with Gasteiger partial charge in [0, 0.05) is 13.0 Å². The van der Waals surface area contributed by atoms with E-state index >= 15 is 0 Å². The summed E-state index contributed by atoms with van der Waals surface area (Å²) in [5.74, 6) is -0.446. The third-order valence-electron chi connectivity index (χ3n) is 4.15. The molecule has 0 aliphatic heterocycles. The van der Waals surface area contributed by atoms with Crippen LogP contribution in [0.3, 0.4) is 0 Å². The second kappa shape index (κ2) is 23.0. The molecule has 0 aromatic heterocycles. The minimum Gasteiger partial charge on any atom is -0.463 e. The Bertz CT molecular complexity index is 701. The number of hydrogen-bond donors (Lipinski definition) is 3. The number of aliphatic hydroxyl groups is 1. The van der Waals surface area contributed by atoms with E-state index in [1.54, 1.807) is 0 Å². The average molecular weight is 500 g/mol. The molecule has 0 aromatic rings. The van der Waals surface area contributed by atoms with Gasteiger partial charge in [-0.1, -0.05) is 67.7 Å². The van der Waals surface area contributed by atoms with Gasteiger partial charge in [0.05, 0.1) is 13.2 Å². The van der Waals surface area contributed by atoms with Gasteiger partial charge in [-0.2, -0.15) is 0 Å². The number of nitrogens with two attached hydrogens (primary N) is 1. The van der Waals surface area contributed by atoms with Gasteiger partial charge in [0.15, 0.2) is 0 Å². The van der Waals surface area contributed by atoms with Crippen LogP contribution in [0.1, 0.15) is 58.3 Å². The van der Waals surface area contributed by atoms with E-state index in [1.165, 1.54) is 0 Å². The van der Waals surface area contributed by atoms with Gasteiger partial charge in [-0.25, -0.2) is 4.57 Å². The van der Waals surface area contributed by atoms with Gasteiger partial charge in [-0.3, -0.25) is 13.8 Å². The molecule has 0 amide bonds. The van der Waals surface area contributed by atoms with Crippen LogP contribution >= 0.6 is 7.82 Å². The minimum absolute atomic E-state index is 0.0632. The third kappa shape index (κ3) is 23.4. The number of phosphoric acid groups is 1. The summed E-state index contributed by atoms with van der Waals surface area (Å²) in [7, 11) is -4.26. The highest BCUT2D eigenvalue weighted by atomic mass is 31.2. The number of esters is 1. The van der Waals surface area contributed by atoms with Crippen molar-refractivity contribution in [3.8, 4) is 0 Å². The molecule has 0 heterocycles. The first-order chi connectivity index (χ1) is 16.4. The van der Waals surface area contributed by atoms with Crippen LogP contribution in [0.2, 0.25) is 0 Å². The molecule has 4 N–H and O–H groups in total. The first-order valence-electron chi connectivity index (χ1n) is 11.8. The first kappa shape index (κ1) is 32.2. The van der Waals surface area contributed by atoms with Crippen LogP contribution in [0.4, 0.5) is 0 Å². The molecule has 0 bridgehead atoms. The zero-order valence-corrected chi connectivity index (χ0v) is 21.2. The monoisotopic (exact) mass is 499 g/mol. The molecule has 0 spiro atoms. The third-order valence-corrected chi connectivity index (χ3v) is 5.13. The fraction of sp³-hybridized carbons (Fsp3) is 0.560. The molecule has 0 rings (SSSR count). The molecule has 0 aliphatic rings. The predicted molar refractivity (Wildman–Crippen MR) is 136 cm³/mol. The van der Waals surface area contributed by atoms with Crippen molar-refractivity contribution in [3.05, 3.63) is 60.8 Å². The maximum Gasteiger partial charge on any atom is 0.472 e. The number of rotatable bonds is 21. The molecular weight excluding hydrogens is 457 g/mol. The Morgan fingerprint density at radius 2 is 1.41 bits per heavy atom. The standard InChI is InChI=1S/C25H42NO7P/c1-2-3-4-5-6-7-8-9-10-11-12-13-14-15-16-17-18-19-25(28)31-22-24(27)23-33-34(29,30)32-21-20-26/h3-4,6-7,9-10,12-13,15-16,24,27H,2,5,8,11,14,17-23,26H2,1H3,(H,29,30)/t24-/m1/s1. The van der Waals surface area contributed by atoms with Crippen LogP contribution in [0.25, 0.3) is 0 Å². The van der Waals surface area contributed by atoms with Gasteiger partial charge >= 0.3 is 13.8 Å². The van der Waals surface area contributed by atoms with Crippen LogP contribution in [-0.4, -0.2) is 48.4 Å². The SMILES string of the molecule is CCC=CCC=CCC=CCC=CCC=CCCCC(=O)OC[C@@H](O)COP(=O)(O)OCCN. The fourth-order valence-electron chi connectivity index (χ4n) is 2.43. The van der Waals surface area contributed by atoms with Gasteiger partial charge in [0.1, 0.15) is 12.7 Å². The highest BCUT2D eigenvalue weighted by Gasteiger charge is 2.22. The van der Waals surface area contributed by atoms with Gasteiger partial charge in [0.2, 0.25) is 0 Å². The Kier molecular flexibility index (Phi) is 21.8. The molecule has 34 heavy (non-hydrogen) atoms. The second-order valence-electron chi connectivity index (χ2n) is 7.32. The molecule has 0 fully saturated rings. The van der Waals surface area contributed by atoms with E-state index in [1.807, 2.05) is 6.08 Å². The summed E-state index contributed by atoms with van der Waals surface area (Å²) in [6.07, 6.45) is 26.5. The zero-order chi connectivity index (χ0) is 25.3. The maximum atomic E-state index is 11.7. The lowest BCUT2D eigenvalue weighted by Gasteiger charge is -2.15. The normalized spacial score (nSPS) is 15.3. The van der Waals surface area contributed by atoms with E-state index < -0.39 is 26.5 Å². The smallest absolute Gasteiger partial charge is 0.463 e. The van der Waals surface area contributed by atoms with Crippen LogP contribution in [0.15, 0.2) is 60.8 Å². The van der Waals surface area contributed by atoms with E-state index in [0.29, 0.717) is 6.42 Å². The number of ether oxygens (including phenoxy) is 1. The maximum absolute atomic E-state index is 11.7. The molecule has 0 aromatic carbocycles. The number of phosphoric ester groups is 1. The lowest BCUT2D eigenvalue weighted by Crippen LogP contribution is -2.23. The summed E-state index contributed by atoms with van der Waals surface area (Å²) in [6.45, 7) is 1.24. The summed E-state index contributed by atoms with van der Waals surface area (Å²) in [5.41, 5.74) is 5.16. The number of carbonyl (C=O) groups excluding carboxylic acids is 1. The van der Waals surface area contributed by atoms with Crippen molar-refractivity contribution in [2.75, 3.05) is 26.4 Å². The number of hydrogen-bond acceptors (Lipinski definition) is 7. The van der Waals surface area contributed by atoms with Gasteiger partial charge in [0.25, 0.3) is 0 Å². The molecule has 0 saturated carbocycles. The fourth-order valence-corrected chi connectivity index (χ4v) is 3.20. The van der Waals surface area contributed by atoms with Gasteiger partial charge < -0.3 is 20.5 Å². The van der Waals surface area contributed by atoms with Crippen LogP contribution < -0.4 is 5.73 Å². The number of carbonyl (C=O) groups is 1. The van der Waals surface area contributed by atoms with Crippen LogP contribution in [0.5, 0.6) is 0 Å². The molecule has 1 unspecified atom stereocenters. The van der Waals surface area contributed by atoms with Crippen LogP contribution in [0, 0.1) is 0 Å². The Morgan fingerprint density at radius 1 is 0.882 bits per heavy atom. The zero-order valence-electron chi connectivity index (χ0n) is 20.3.